The number of esters is 1. The van der Waals surface area contributed by atoms with Crippen molar-refractivity contribution in [2.45, 2.75) is 39.2 Å². The highest BCUT2D eigenvalue weighted by Crippen LogP contribution is 2.04. The van der Waals surface area contributed by atoms with Gasteiger partial charge in [-0.1, -0.05) is 20.4 Å². The molecule has 0 aromatic carbocycles. The molecule has 2 unspecified atom stereocenters. The van der Waals surface area contributed by atoms with E-state index in [1.165, 1.54) is 0 Å². The molecule has 0 aromatic rings. The lowest BCUT2D eigenvalue weighted by molar-refractivity contribution is -0.184. The van der Waals surface area contributed by atoms with Crippen molar-refractivity contribution >= 4 is 5.97 Å². The molecule has 0 aromatic heterocycles. The van der Waals surface area contributed by atoms with Crippen LogP contribution in [-0.4, -0.2) is 18.5 Å². The number of carbonyl (C=O) groups is 1. The summed E-state index contributed by atoms with van der Waals surface area (Å²) < 4.78 is 10.1. The molecule has 0 heterocycles. The van der Waals surface area contributed by atoms with Crippen molar-refractivity contribution < 1.29 is 14.3 Å². The second kappa shape index (κ2) is 6.62. The highest BCUT2D eigenvalue weighted by molar-refractivity contribution is 5.81. The maximum Gasteiger partial charge on any atom is 0.332 e. The third-order valence-corrected chi connectivity index (χ3v) is 1.48. The summed E-state index contributed by atoms with van der Waals surface area (Å²) in [6.45, 7) is 7.03. The summed E-state index contributed by atoms with van der Waals surface area (Å²) in [5, 5.41) is 0. The molecule has 76 valence electrons. The molecule has 0 aliphatic heterocycles. The zero-order valence-electron chi connectivity index (χ0n) is 8.16. The van der Waals surface area contributed by atoms with Gasteiger partial charge in [0.1, 0.15) is 6.23 Å². The summed E-state index contributed by atoms with van der Waals surface area (Å²) >= 11 is 0. The van der Waals surface area contributed by atoms with Gasteiger partial charge in [0.15, 0.2) is 0 Å². The molecule has 2 N–H and O–H groups in total. The fourth-order valence-corrected chi connectivity index (χ4v) is 0.676. The zero-order valence-corrected chi connectivity index (χ0v) is 8.16. The van der Waals surface area contributed by atoms with E-state index >= 15 is 0 Å². The van der Waals surface area contributed by atoms with Crippen LogP contribution < -0.4 is 5.73 Å². The number of hydrogen-bond acceptors (Lipinski definition) is 4. The predicted octanol–water partition coefficient (Wildman–Crippen LogP) is 1.16. The van der Waals surface area contributed by atoms with E-state index in [1.807, 2.05) is 13.8 Å². The van der Waals surface area contributed by atoms with Gasteiger partial charge in [-0.3, -0.25) is 0 Å². The third-order valence-electron chi connectivity index (χ3n) is 1.48. The van der Waals surface area contributed by atoms with Crippen LogP contribution in [0.1, 0.15) is 26.7 Å². The Morgan fingerprint density at radius 3 is 2.54 bits per heavy atom. The van der Waals surface area contributed by atoms with Crippen molar-refractivity contribution in [1.82, 2.24) is 0 Å². The first-order chi connectivity index (χ1) is 6.13. The molecule has 0 bridgehead atoms. The van der Waals surface area contributed by atoms with Crippen LogP contribution in [0.15, 0.2) is 12.7 Å². The third kappa shape index (κ3) is 5.38. The molecule has 4 heteroatoms. The molecule has 0 saturated heterocycles. The Balaban J connectivity index is 3.88. The summed E-state index contributed by atoms with van der Waals surface area (Å²) in [5.74, 6) is -0.491. The van der Waals surface area contributed by atoms with Crippen LogP contribution in [0.25, 0.3) is 0 Å². The molecule has 0 spiro atoms. The largest absolute Gasteiger partial charge is 0.433 e. The first kappa shape index (κ1) is 12.1. The molecular weight excluding hydrogens is 170 g/mol. The van der Waals surface area contributed by atoms with E-state index in [9.17, 15) is 4.79 Å². The van der Waals surface area contributed by atoms with Gasteiger partial charge in [0.05, 0.1) is 0 Å². The van der Waals surface area contributed by atoms with Crippen LogP contribution in [-0.2, 0) is 14.3 Å². The highest BCUT2D eigenvalue weighted by Gasteiger charge is 2.13. The zero-order chi connectivity index (χ0) is 10.3. The minimum absolute atomic E-state index is 0.387. The molecule has 13 heavy (non-hydrogen) atoms. The first-order valence-electron chi connectivity index (χ1n) is 4.38. The summed E-state index contributed by atoms with van der Waals surface area (Å²) in [7, 11) is 0. The normalized spacial score (nSPS) is 14.7. The minimum atomic E-state index is -0.569. The number of hydrogen-bond donors (Lipinski definition) is 1. The average molecular weight is 187 g/mol. The topological polar surface area (TPSA) is 61.5 Å². The Bertz CT molecular complexity index is 170. The number of nitrogens with two attached hydrogens (primary N) is 1. The molecular formula is C9H17NO3. The molecule has 0 aliphatic rings. The van der Waals surface area contributed by atoms with E-state index in [2.05, 4.69) is 6.58 Å². The molecule has 2 atom stereocenters. The molecule has 0 aliphatic carbocycles. The van der Waals surface area contributed by atoms with Crippen LogP contribution in [0, 0.1) is 0 Å². The summed E-state index contributed by atoms with van der Waals surface area (Å²) in [6.07, 6.45) is 1.40. The molecule has 0 amide bonds. The average Bonchev–Trinajstić information content (AvgIpc) is 2.16. The SMILES string of the molecule is C=CC(=O)OC(CC)OC(N)CC. The van der Waals surface area contributed by atoms with Gasteiger partial charge in [-0.25, -0.2) is 4.79 Å². The Labute approximate surface area is 78.7 Å². The van der Waals surface area contributed by atoms with Crippen LogP contribution in [0.5, 0.6) is 0 Å². The Kier molecular flexibility index (Phi) is 6.18. The lowest BCUT2D eigenvalue weighted by atomic mass is 10.4. The van der Waals surface area contributed by atoms with Crippen molar-refractivity contribution in [2.75, 3.05) is 0 Å². The summed E-state index contributed by atoms with van der Waals surface area (Å²) in [6, 6.07) is 0. The maximum atomic E-state index is 10.8. The standard InChI is InChI=1S/C9H17NO3/c1-4-7(10)12-9(6-3)13-8(11)5-2/h5,7,9H,2,4,6,10H2,1,3H3. The second-order valence-electron chi connectivity index (χ2n) is 2.56. The van der Waals surface area contributed by atoms with Gasteiger partial charge >= 0.3 is 5.97 Å². The summed E-state index contributed by atoms with van der Waals surface area (Å²) in [4.78, 5) is 10.8. The predicted molar refractivity (Wildman–Crippen MR) is 49.7 cm³/mol. The van der Waals surface area contributed by atoms with Gasteiger partial charge < -0.3 is 15.2 Å². The van der Waals surface area contributed by atoms with Crippen molar-refractivity contribution in [3.8, 4) is 0 Å². The Morgan fingerprint density at radius 2 is 2.15 bits per heavy atom. The van der Waals surface area contributed by atoms with E-state index in [0.29, 0.717) is 12.8 Å². The van der Waals surface area contributed by atoms with Crippen LogP contribution >= 0.6 is 0 Å². The number of rotatable bonds is 6. The van der Waals surface area contributed by atoms with Crippen molar-refractivity contribution in [1.29, 1.82) is 0 Å². The lowest BCUT2D eigenvalue weighted by Crippen LogP contribution is -2.31. The van der Waals surface area contributed by atoms with Crippen LogP contribution in [0.4, 0.5) is 0 Å². The minimum Gasteiger partial charge on any atom is -0.433 e. The Hall–Kier alpha value is -0.870. The van der Waals surface area contributed by atoms with E-state index < -0.39 is 12.3 Å². The van der Waals surface area contributed by atoms with E-state index in [4.69, 9.17) is 15.2 Å². The van der Waals surface area contributed by atoms with Crippen LogP contribution in [0.3, 0.4) is 0 Å². The smallest absolute Gasteiger partial charge is 0.332 e. The molecule has 4 nitrogen and oxygen atoms in total. The fraction of sp³-hybridized carbons (Fsp3) is 0.667. The second-order valence-corrected chi connectivity index (χ2v) is 2.56. The fourth-order valence-electron chi connectivity index (χ4n) is 0.676. The van der Waals surface area contributed by atoms with E-state index in [-0.39, 0.29) is 6.23 Å². The molecule has 0 fully saturated rings. The monoisotopic (exact) mass is 187 g/mol. The molecule has 0 saturated carbocycles. The Morgan fingerprint density at radius 1 is 1.54 bits per heavy atom. The molecule has 0 rings (SSSR count). The van der Waals surface area contributed by atoms with Gasteiger partial charge in [0.2, 0.25) is 6.29 Å². The molecule has 0 radical (unpaired) electrons. The van der Waals surface area contributed by atoms with E-state index in [0.717, 1.165) is 6.08 Å². The van der Waals surface area contributed by atoms with Crippen molar-refractivity contribution in [2.24, 2.45) is 5.73 Å². The van der Waals surface area contributed by atoms with Gasteiger partial charge in [-0.05, 0) is 6.42 Å². The number of ether oxygens (including phenoxy) is 2. The van der Waals surface area contributed by atoms with Crippen LogP contribution in [0.2, 0.25) is 0 Å². The van der Waals surface area contributed by atoms with Crippen molar-refractivity contribution in [3.63, 3.8) is 0 Å². The van der Waals surface area contributed by atoms with Gasteiger partial charge in [-0.2, -0.15) is 0 Å². The van der Waals surface area contributed by atoms with Gasteiger partial charge in [0, 0.05) is 12.5 Å². The van der Waals surface area contributed by atoms with Gasteiger partial charge in [0.25, 0.3) is 0 Å². The summed E-state index contributed by atoms with van der Waals surface area (Å²) in [5.41, 5.74) is 5.53. The lowest BCUT2D eigenvalue weighted by Gasteiger charge is -2.19. The van der Waals surface area contributed by atoms with Gasteiger partial charge in [-0.15, -0.1) is 0 Å². The first-order valence-corrected chi connectivity index (χ1v) is 4.38. The highest BCUT2D eigenvalue weighted by atomic mass is 16.7. The number of carbonyl (C=O) groups excluding carboxylic acids is 1. The maximum absolute atomic E-state index is 10.8. The van der Waals surface area contributed by atoms with E-state index in [1.54, 1.807) is 0 Å². The van der Waals surface area contributed by atoms with Crippen molar-refractivity contribution in [3.05, 3.63) is 12.7 Å². The quantitative estimate of drug-likeness (QED) is 0.385.